The van der Waals surface area contributed by atoms with Crippen LogP contribution in [0.25, 0.3) is 11.0 Å². The van der Waals surface area contributed by atoms with Crippen LogP contribution in [-0.2, 0) is 17.8 Å². The van der Waals surface area contributed by atoms with E-state index < -0.39 is 12.3 Å². The van der Waals surface area contributed by atoms with Gasteiger partial charge in [0.1, 0.15) is 23.2 Å². The first-order chi connectivity index (χ1) is 16.8. The third-order valence-corrected chi connectivity index (χ3v) is 5.16. The van der Waals surface area contributed by atoms with Crippen molar-refractivity contribution in [2.45, 2.75) is 39.6 Å². The van der Waals surface area contributed by atoms with Crippen LogP contribution < -0.4 is 21.1 Å². The molecule has 12 heteroatoms. The second-order valence-electron chi connectivity index (χ2n) is 7.62. The first kappa shape index (κ1) is 25.5. The van der Waals surface area contributed by atoms with E-state index in [0.29, 0.717) is 54.1 Å². The zero-order valence-electron chi connectivity index (χ0n) is 19.9. The highest BCUT2D eigenvalue weighted by molar-refractivity contribution is 6.03. The molecule has 0 fully saturated rings. The molecule has 3 rings (SSSR count). The highest BCUT2D eigenvalue weighted by atomic mass is 16.5. The fraction of sp³-hybridized carbons (Fsp3) is 0.391. The number of methoxy groups -OCH3 is 1. The zero-order chi connectivity index (χ0) is 25.5. The topological polar surface area (TPSA) is 159 Å². The van der Waals surface area contributed by atoms with Crippen molar-refractivity contribution in [3.05, 3.63) is 35.2 Å². The van der Waals surface area contributed by atoms with Gasteiger partial charge in [0.2, 0.25) is 5.95 Å². The Bertz CT molecular complexity index is 1260. The highest BCUT2D eigenvalue weighted by Crippen LogP contribution is 2.32. The van der Waals surface area contributed by atoms with Crippen LogP contribution in [0.3, 0.4) is 0 Å². The Kier molecular flexibility index (Phi) is 8.30. The minimum Gasteiger partial charge on any atom is -0.494 e. The van der Waals surface area contributed by atoms with Crippen molar-refractivity contribution in [1.82, 2.24) is 24.6 Å². The molecule has 2 heterocycles. The first-order valence-electron chi connectivity index (χ1n) is 11.0. The minimum absolute atomic E-state index is 0.117. The number of nitrogens with zero attached hydrogens (tertiary/aromatic N) is 4. The summed E-state index contributed by atoms with van der Waals surface area (Å²) in [6, 6.07) is 4.94. The molecule has 2 amide bonds. The van der Waals surface area contributed by atoms with Gasteiger partial charge in [-0.15, -0.1) is 6.42 Å². The number of hydrogen-bond donors (Lipinski definition) is 4. The van der Waals surface area contributed by atoms with Gasteiger partial charge in [-0.3, -0.25) is 14.8 Å². The summed E-state index contributed by atoms with van der Waals surface area (Å²) in [5.41, 5.74) is 8.24. The molecule has 0 bridgehead atoms. The van der Waals surface area contributed by atoms with E-state index in [1.165, 1.54) is 7.11 Å². The Morgan fingerprint density at radius 3 is 2.77 bits per heavy atom. The van der Waals surface area contributed by atoms with Crippen LogP contribution in [0.2, 0.25) is 0 Å². The molecule has 0 aliphatic rings. The van der Waals surface area contributed by atoms with Crippen molar-refractivity contribution < 1.29 is 24.2 Å². The van der Waals surface area contributed by atoms with Gasteiger partial charge in [-0.25, -0.2) is 9.78 Å². The summed E-state index contributed by atoms with van der Waals surface area (Å²) in [5.74, 6) is 2.54. The van der Waals surface area contributed by atoms with Crippen LogP contribution in [0.5, 0.6) is 5.75 Å². The lowest BCUT2D eigenvalue weighted by Gasteiger charge is -2.13. The van der Waals surface area contributed by atoms with E-state index in [-0.39, 0.29) is 18.5 Å². The molecular formula is C23H29N7O5. The van der Waals surface area contributed by atoms with Gasteiger partial charge >= 0.3 is 6.09 Å². The van der Waals surface area contributed by atoms with E-state index in [2.05, 4.69) is 26.6 Å². The summed E-state index contributed by atoms with van der Waals surface area (Å²) < 4.78 is 13.7. The number of aliphatic hydroxyl groups is 1. The molecule has 1 aromatic carbocycles. The predicted octanol–water partition coefficient (Wildman–Crippen LogP) is 1.52. The van der Waals surface area contributed by atoms with Crippen LogP contribution in [0, 0.1) is 19.3 Å². The molecule has 0 aliphatic heterocycles. The van der Waals surface area contributed by atoms with Crippen LogP contribution in [0.4, 0.5) is 10.7 Å². The lowest BCUT2D eigenvalue weighted by Crippen LogP contribution is -2.26. The molecule has 2 aromatic heterocycles. The van der Waals surface area contributed by atoms with Crippen molar-refractivity contribution in [3.8, 4) is 18.1 Å². The maximum Gasteiger partial charge on any atom is 0.408 e. The number of aryl methyl sites for hydroxylation is 3. The highest BCUT2D eigenvalue weighted by Gasteiger charge is 2.21. The van der Waals surface area contributed by atoms with Crippen LogP contribution >= 0.6 is 0 Å². The number of imidazole rings is 1. The number of terminal acetylenes is 1. The van der Waals surface area contributed by atoms with E-state index in [1.54, 1.807) is 27.4 Å². The Morgan fingerprint density at radius 1 is 1.34 bits per heavy atom. The molecule has 186 valence electrons. The van der Waals surface area contributed by atoms with E-state index in [9.17, 15) is 14.7 Å². The number of carbonyl (C=O) groups excluding carboxylic acids is 2. The summed E-state index contributed by atoms with van der Waals surface area (Å²) in [6.07, 6.45) is 3.72. The van der Waals surface area contributed by atoms with Crippen LogP contribution in [-0.4, -0.2) is 56.7 Å². The monoisotopic (exact) mass is 483 g/mol. The number of carbonyl (C=O) groups is 2. The number of ether oxygens (including phenoxy) is 2. The molecule has 0 saturated carbocycles. The number of anilines is 1. The van der Waals surface area contributed by atoms with Gasteiger partial charge in [0, 0.05) is 25.2 Å². The third kappa shape index (κ3) is 5.89. The number of hydrogen-bond acceptors (Lipinski definition) is 8. The maximum absolute atomic E-state index is 13.1. The Balaban J connectivity index is 1.93. The van der Waals surface area contributed by atoms with Crippen LogP contribution in [0.15, 0.2) is 18.2 Å². The number of aromatic nitrogens is 4. The predicted molar refractivity (Wildman–Crippen MR) is 129 cm³/mol. The maximum atomic E-state index is 13.1. The molecular weight excluding hydrogens is 454 g/mol. The molecule has 5 N–H and O–H groups in total. The Hall–Kier alpha value is -4.08. The van der Waals surface area contributed by atoms with Crippen molar-refractivity contribution in [3.63, 3.8) is 0 Å². The summed E-state index contributed by atoms with van der Waals surface area (Å²) in [4.78, 5) is 29.3. The van der Waals surface area contributed by atoms with E-state index >= 15 is 0 Å². The van der Waals surface area contributed by atoms with Gasteiger partial charge in [-0.05, 0) is 38.5 Å². The fourth-order valence-corrected chi connectivity index (χ4v) is 3.61. The number of amides is 2. The first-order valence-corrected chi connectivity index (χ1v) is 11.0. The number of alkyl carbamates (subject to hydrolysis) is 1. The normalized spacial score (nSPS) is 11.7. The molecule has 3 aromatic rings. The SMILES string of the molecule is C#CCOC(=O)NCCCn1c(NC(=O)c2cc(C)nn2CC)nc2cc(C(N)O)cc(OC)c21. The summed E-state index contributed by atoms with van der Waals surface area (Å²) in [6.45, 7) is 4.78. The summed E-state index contributed by atoms with van der Waals surface area (Å²) in [5, 5.41) is 19.6. The van der Waals surface area contributed by atoms with Crippen molar-refractivity contribution in [1.29, 1.82) is 0 Å². The third-order valence-electron chi connectivity index (χ3n) is 5.16. The van der Waals surface area contributed by atoms with E-state index in [4.69, 9.17) is 21.6 Å². The molecule has 1 atom stereocenters. The number of nitrogens with two attached hydrogens (primary N) is 1. The molecule has 0 radical (unpaired) electrons. The van der Waals surface area contributed by atoms with Crippen LogP contribution in [0.1, 0.15) is 41.3 Å². The molecule has 0 spiro atoms. The molecule has 12 nitrogen and oxygen atoms in total. The van der Waals surface area contributed by atoms with Gasteiger partial charge in [-0.2, -0.15) is 5.10 Å². The minimum atomic E-state index is -1.23. The zero-order valence-corrected chi connectivity index (χ0v) is 19.9. The summed E-state index contributed by atoms with van der Waals surface area (Å²) >= 11 is 0. The number of benzene rings is 1. The van der Waals surface area contributed by atoms with E-state index in [1.807, 2.05) is 13.8 Å². The van der Waals surface area contributed by atoms with Gasteiger partial charge in [-0.1, -0.05) is 5.92 Å². The molecule has 0 saturated heterocycles. The number of rotatable bonds is 10. The molecule has 1 unspecified atom stereocenters. The van der Waals surface area contributed by atoms with Gasteiger partial charge in [0.05, 0.1) is 18.3 Å². The van der Waals surface area contributed by atoms with Gasteiger partial charge < -0.3 is 30.2 Å². The molecule has 0 aliphatic carbocycles. The summed E-state index contributed by atoms with van der Waals surface area (Å²) in [7, 11) is 1.49. The smallest absolute Gasteiger partial charge is 0.408 e. The lowest BCUT2D eigenvalue weighted by atomic mass is 10.1. The average Bonchev–Trinajstić information content (AvgIpc) is 3.39. The van der Waals surface area contributed by atoms with Crippen molar-refractivity contribution in [2.24, 2.45) is 5.73 Å². The van der Waals surface area contributed by atoms with Gasteiger partial charge in [0.25, 0.3) is 5.91 Å². The second kappa shape index (κ2) is 11.4. The van der Waals surface area contributed by atoms with Crippen molar-refractivity contribution >= 4 is 29.0 Å². The second-order valence-corrected chi connectivity index (χ2v) is 7.62. The standard InChI is InChI=1S/C23H29N7O5/c1-5-10-35-23(33)25-8-7-9-29-19-16(12-15(20(24)31)13-18(19)34-4)26-22(29)27-21(32)17-11-14(3)28-30(17)6-2/h1,11-13,20,31H,6-10,24H2,2-4H3,(H,25,33)(H,26,27,32). The van der Waals surface area contributed by atoms with Gasteiger partial charge in [0.15, 0.2) is 6.61 Å². The quantitative estimate of drug-likeness (QED) is 0.192. The lowest BCUT2D eigenvalue weighted by molar-refractivity contribution is 0.101. The fourth-order valence-electron chi connectivity index (χ4n) is 3.61. The number of nitrogens with one attached hydrogen (secondary N) is 2. The average molecular weight is 484 g/mol. The molecule has 35 heavy (non-hydrogen) atoms. The Morgan fingerprint density at radius 2 is 2.11 bits per heavy atom. The van der Waals surface area contributed by atoms with E-state index in [0.717, 1.165) is 5.69 Å². The largest absolute Gasteiger partial charge is 0.494 e. The number of aliphatic hydroxyl groups excluding tert-OH is 1. The Labute approximate surface area is 202 Å². The number of fused-ring (bicyclic) bond motifs is 1. The van der Waals surface area contributed by atoms with Crippen molar-refractivity contribution in [2.75, 3.05) is 25.6 Å².